The van der Waals surface area contributed by atoms with E-state index in [1.165, 1.54) is 0 Å². The van der Waals surface area contributed by atoms with E-state index < -0.39 is 0 Å². The number of amides is 1. The number of rotatable bonds is 1. The fourth-order valence-electron chi connectivity index (χ4n) is 2.93. The molecule has 96 valence electrons. The molecule has 0 aliphatic carbocycles. The van der Waals surface area contributed by atoms with Crippen LogP contribution in [0.5, 0.6) is 0 Å². The number of amidine groups is 1. The first-order chi connectivity index (χ1) is 9.31. The zero-order chi connectivity index (χ0) is 12.8. The molecule has 3 heterocycles. The molecule has 0 N–H and O–H groups in total. The number of aliphatic imine (C=N–C) groups is 1. The molecule has 1 atom stereocenters. The number of furan rings is 1. The number of nitrogens with zero attached hydrogens (tertiary/aromatic N) is 2. The lowest BCUT2D eigenvalue weighted by Gasteiger charge is -2.20. The van der Waals surface area contributed by atoms with Gasteiger partial charge in [0.2, 0.25) is 5.91 Å². The molecule has 1 aromatic heterocycles. The van der Waals surface area contributed by atoms with E-state index in [-0.39, 0.29) is 11.8 Å². The molecular formula is C15H14N2O2. The molecular weight excluding hydrogens is 240 g/mol. The quantitative estimate of drug-likeness (QED) is 0.785. The predicted molar refractivity (Wildman–Crippen MR) is 72.2 cm³/mol. The van der Waals surface area contributed by atoms with Gasteiger partial charge in [0.05, 0.1) is 0 Å². The lowest BCUT2D eigenvalue weighted by Crippen LogP contribution is -2.35. The van der Waals surface area contributed by atoms with Crippen LogP contribution in [-0.4, -0.2) is 29.7 Å². The standard InChI is InChI=1S/C15H14N2O2/c18-15-5-6-16-14-8-11(9-17(14)15)13-7-10-3-1-2-4-12(10)19-13/h1-4,7,11H,5-6,8-9H2. The zero-order valence-electron chi connectivity index (χ0n) is 10.5. The second kappa shape index (κ2) is 3.95. The fourth-order valence-corrected chi connectivity index (χ4v) is 2.93. The normalized spacial score (nSPS) is 22.7. The van der Waals surface area contributed by atoms with Crippen LogP contribution in [0.2, 0.25) is 0 Å². The molecule has 4 heteroatoms. The first-order valence-electron chi connectivity index (χ1n) is 6.63. The SMILES string of the molecule is O=C1CCN=C2CC(c3cc4ccccc4o3)CN12. The molecule has 2 aromatic rings. The Morgan fingerprint density at radius 1 is 1.32 bits per heavy atom. The molecule has 1 aromatic carbocycles. The van der Waals surface area contributed by atoms with Crippen LogP contribution in [0.15, 0.2) is 39.7 Å². The van der Waals surface area contributed by atoms with Crippen LogP contribution < -0.4 is 0 Å². The van der Waals surface area contributed by atoms with Crippen LogP contribution in [0.1, 0.15) is 24.5 Å². The number of carbonyl (C=O) groups is 1. The number of benzene rings is 1. The monoisotopic (exact) mass is 254 g/mol. The average Bonchev–Trinajstić information content (AvgIpc) is 3.02. The van der Waals surface area contributed by atoms with Crippen molar-refractivity contribution in [3.05, 3.63) is 36.1 Å². The van der Waals surface area contributed by atoms with Crippen molar-refractivity contribution in [2.45, 2.75) is 18.8 Å². The van der Waals surface area contributed by atoms with Gasteiger partial charge in [0.25, 0.3) is 0 Å². The third kappa shape index (κ3) is 1.67. The van der Waals surface area contributed by atoms with Gasteiger partial charge in [0, 0.05) is 37.2 Å². The Morgan fingerprint density at radius 2 is 2.21 bits per heavy atom. The molecule has 0 spiro atoms. The van der Waals surface area contributed by atoms with Crippen molar-refractivity contribution in [3.8, 4) is 0 Å². The summed E-state index contributed by atoms with van der Waals surface area (Å²) in [4.78, 5) is 18.1. The Hall–Kier alpha value is -2.10. The predicted octanol–water partition coefficient (Wildman–Crippen LogP) is 2.55. The van der Waals surface area contributed by atoms with E-state index in [4.69, 9.17) is 4.42 Å². The number of hydrogen-bond acceptors (Lipinski definition) is 3. The highest BCUT2D eigenvalue weighted by Crippen LogP contribution is 2.33. The molecule has 0 radical (unpaired) electrons. The molecule has 1 fully saturated rings. The second-order valence-corrected chi connectivity index (χ2v) is 5.14. The molecule has 4 rings (SSSR count). The largest absolute Gasteiger partial charge is 0.461 e. The van der Waals surface area contributed by atoms with Crippen LogP contribution in [0.3, 0.4) is 0 Å². The van der Waals surface area contributed by atoms with Crippen molar-refractivity contribution in [1.82, 2.24) is 4.90 Å². The number of carbonyl (C=O) groups excluding carboxylic acids is 1. The highest BCUT2D eigenvalue weighted by Gasteiger charge is 2.36. The van der Waals surface area contributed by atoms with Gasteiger partial charge in [-0.05, 0) is 12.1 Å². The minimum Gasteiger partial charge on any atom is -0.461 e. The molecule has 0 bridgehead atoms. The van der Waals surface area contributed by atoms with Gasteiger partial charge in [-0.25, -0.2) is 0 Å². The fraction of sp³-hybridized carbons (Fsp3) is 0.333. The van der Waals surface area contributed by atoms with Crippen LogP contribution in [0, 0.1) is 0 Å². The smallest absolute Gasteiger partial charge is 0.229 e. The maximum absolute atomic E-state index is 11.8. The van der Waals surface area contributed by atoms with E-state index in [1.54, 1.807) is 0 Å². The Bertz CT molecular complexity index is 653. The van der Waals surface area contributed by atoms with Gasteiger partial charge in [-0.1, -0.05) is 18.2 Å². The van der Waals surface area contributed by atoms with E-state index in [2.05, 4.69) is 11.1 Å². The lowest BCUT2D eigenvalue weighted by molar-refractivity contribution is -0.127. The zero-order valence-corrected chi connectivity index (χ0v) is 10.5. The minimum atomic E-state index is 0.198. The summed E-state index contributed by atoms with van der Waals surface area (Å²) in [5.41, 5.74) is 0.913. The Morgan fingerprint density at radius 3 is 3.05 bits per heavy atom. The van der Waals surface area contributed by atoms with E-state index in [0.29, 0.717) is 19.5 Å². The van der Waals surface area contributed by atoms with Gasteiger partial charge in [-0.15, -0.1) is 0 Å². The van der Waals surface area contributed by atoms with Crippen molar-refractivity contribution in [3.63, 3.8) is 0 Å². The van der Waals surface area contributed by atoms with Crippen molar-refractivity contribution in [1.29, 1.82) is 0 Å². The molecule has 2 aliphatic heterocycles. The van der Waals surface area contributed by atoms with E-state index in [9.17, 15) is 4.79 Å². The molecule has 2 aliphatic rings. The second-order valence-electron chi connectivity index (χ2n) is 5.14. The summed E-state index contributed by atoms with van der Waals surface area (Å²) < 4.78 is 5.90. The molecule has 4 nitrogen and oxygen atoms in total. The topological polar surface area (TPSA) is 45.8 Å². The van der Waals surface area contributed by atoms with Gasteiger partial charge in [0.1, 0.15) is 17.2 Å². The summed E-state index contributed by atoms with van der Waals surface area (Å²) in [7, 11) is 0. The number of hydrogen-bond donors (Lipinski definition) is 0. The van der Waals surface area contributed by atoms with Gasteiger partial charge in [-0.3, -0.25) is 14.7 Å². The van der Waals surface area contributed by atoms with Gasteiger partial charge < -0.3 is 4.42 Å². The Labute approximate surface area is 110 Å². The Kier molecular flexibility index (Phi) is 2.24. The average molecular weight is 254 g/mol. The van der Waals surface area contributed by atoms with Crippen molar-refractivity contribution in [2.24, 2.45) is 4.99 Å². The summed E-state index contributed by atoms with van der Waals surface area (Å²) in [6, 6.07) is 10.1. The van der Waals surface area contributed by atoms with Crippen LogP contribution in [-0.2, 0) is 4.79 Å². The molecule has 0 saturated carbocycles. The van der Waals surface area contributed by atoms with Gasteiger partial charge in [-0.2, -0.15) is 0 Å². The van der Waals surface area contributed by atoms with E-state index >= 15 is 0 Å². The minimum absolute atomic E-state index is 0.198. The highest BCUT2D eigenvalue weighted by atomic mass is 16.3. The maximum atomic E-state index is 11.8. The van der Waals surface area contributed by atoms with Gasteiger partial charge >= 0.3 is 0 Å². The van der Waals surface area contributed by atoms with E-state index in [0.717, 1.165) is 29.0 Å². The van der Waals surface area contributed by atoms with Crippen LogP contribution in [0.25, 0.3) is 11.0 Å². The number of para-hydroxylation sites is 1. The Balaban J connectivity index is 1.69. The van der Waals surface area contributed by atoms with Crippen molar-refractivity contribution in [2.75, 3.05) is 13.1 Å². The third-order valence-corrected chi connectivity index (χ3v) is 3.91. The first kappa shape index (κ1) is 10.8. The summed E-state index contributed by atoms with van der Waals surface area (Å²) in [5.74, 6) is 2.34. The maximum Gasteiger partial charge on any atom is 0.229 e. The highest BCUT2D eigenvalue weighted by molar-refractivity contribution is 6.02. The van der Waals surface area contributed by atoms with Crippen LogP contribution in [0.4, 0.5) is 0 Å². The lowest BCUT2D eigenvalue weighted by atomic mass is 10.1. The molecule has 1 unspecified atom stereocenters. The van der Waals surface area contributed by atoms with Gasteiger partial charge in [0.15, 0.2) is 0 Å². The molecule has 1 saturated heterocycles. The summed E-state index contributed by atoms with van der Waals surface area (Å²) >= 11 is 0. The molecule has 19 heavy (non-hydrogen) atoms. The first-order valence-corrected chi connectivity index (χ1v) is 6.63. The van der Waals surface area contributed by atoms with Crippen molar-refractivity contribution >= 4 is 22.7 Å². The van der Waals surface area contributed by atoms with Crippen molar-refractivity contribution < 1.29 is 9.21 Å². The van der Waals surface area contributed by atoms with Crippen LogP contribution >= 0.6 is 0 Å². The summed E-state index contributed by atoms with van der Waals surface area (Å²) in [5, 5.41) is 1.12. The van der Waals surface area contributed by atoms with E-state index in [1.807, 2.05) is 29.2 Å². The summed E-state index contributed by atoms with van der Waals surface area (Å²) in [6.07, 6.45) is 1.35. The summed E-state index contributed by atoms with van der Waals surface area (Å²) in [6.45, 7) is 1.34. The molecule has 1 amide bonds. The third-order valence-electron chi connectivity index (χ3n) is 3.91. The number of fused-ring (bicyclic) bond motifs is 2.